The normalized spacial score (nSPS) is 11.4. The van der Waals surface area contributed by atoms with Crippen LogP contribution in [-0.2, 0) is 6.42 Å². The Balaban J connectivity index is 1.61. The molecule has 0 radical (unpaired) electrons. The van der Waals surface area contributed by atoms with Crippen LogP contribution >= 0.6 is 0 Å². The summed E-state index contributed by atoms with van der Waals surface area (Å²) >= 11 is 0. The minimum Gasteiger partial charge on any atom is -0.460 e. The van der Waals surface area contributed by atoms with E-state index in [2.05, 4.69) is 25.6 Å². The van der Waals surface area contributed by atoms with Crippen molar-refractivity contribution in [1.82, 2.24) is 19.7 Å². The maximum absolute atomic E-state index is 5.58. The summed E-state index contributed by atoms with van der Waals surface area (Å²) in [5.74, 6) is 2.20. The minimum absolute atomic E-state index is 0.589. The SMILES string of the molecule is CCc1ccc(/C=N/Nc2ncnc3c2cnn3-c2ccccc2)o1. The lowest BCUT2D eigenvalue weighted by Gasteiger charge is -2.03. The van der Waals surface area contributed by atoms with E-state index in [0.29, 0.717) is 17.2 Å². The van der Waals surface area contributed by atoms with E-state index < -0.39 is 0 Å². The number of para-hydroxylation sites is 1. The number of benzene rings is 1. The summed E-state index contributed by atoms with van der Waals surface area (Å²) in [5.41, 5.74) is 4.58. The van der Waals surface area contributed by atoms with Gasteiger partial charge >= 0.3 is 0 Å². The summed E-state index contributed by atoms with van der Waals surface area (Å²) < 4.78 is 7.35. The lowest BCUT2D eigenvalue weighted by molar-refractivity contribution is 0.510. The number of aromatic nitrogens is 4. The number of fused-ring (bicyclic) bond motifs is 1. The van der Waals surface area contributed by atoms with Gasteiger partial charge in [0.05, 0.1) is 23.5 Å². The molecular weight excluding hydrogens is 316 g/mol. The van der Waals surface area contributed by atoms with E-state index in [4.69, 9.17) is 4.42 Å². The molecule has 4 aromatic rings. The van der Waals surface area contributed by atoms with Gasteiger partial charge in [0.1, 0.15) is 17.8 Å². The smallest absolute Gasteiger partial charge is 0.168 e. The largest absolute Gasteiger partial charge is 0.460 e. The molecule has 0 aliphatic heterocycles. The molecule has 0 spiro atoms. The van der Waals surface area contributed by atoms with E-state index in [1.54, 1.807) is 17.1 Å². The first-order valence-electron chi connectivity index (χ1n) is 7.97. The van der Waals surface area contributed by atoms with Crippen molar-refractivity contribution in [2.24, 2.45) is 5.10 Å². The summed E-state index contributed by atoms with van der Waals surface area (Å²) in [6.45, 7) is 2.04. The van der Waals surface area contributed by atoms with E-state index in [9.17, 15) is 0 Å². The quantitative estimate of drug-likeness (QED) is 0.447. The average Bonchev–Trinajstić information content (AvgIpc) is 3.29. The van der Waals surface area contributed by atoms with Crippen molar-refractivity contribution in [3.05, 3.63) is 66.5 Å². The van der Waals surface area contributed by atoms with E-state index in [1.807, 2.05) is 49.4 Å². The molecule has 3 aromatic heterocycles. The van der Waals surface area contributed by atoms with Crippen LogP contribution in [0.15, 0.2) is 64.5 Å². The lowest BCUT2D eigenvalue weighted by atomic mass is 10.3. The van der Waals surface area contributed by atoms with Crippen LogP contribution in [0, 0.1) is 0 Å². The zero-order valence-corrected chi connectivity index (χ0v) is 13.6. The molecule has 7 heteroatoms. The Bertz CT molecular complexity index is 1020. The second-order valence-corrected chi connectivity index (χ2v) is 5.38. The number of nitrogens with zero attached hydrogens (tertiary/aromatic N) is 5. The van der Waals surface area contributed by atoms with Gasteiger partial charge in [0, 0.05) is 6.42 Å². The molecule has 124 valence electrons. The summed E-state index contributed by atoms with van der Waals surface area (Å²) in [4.78, 5) is 8.58. The highest BCUT2D eigenvalue weighted by Crippen LogP contribution is 2.21. The fraction of sp³-hybridized carbons (Fsp3) is 0.111. The van der Waals surface area contributed by atoms with Gasteiger partial charge in [-0.15, -0.1) is 0 Å². The van der Waals surface area contributed by atoms with Gasteiger partial charge < -0.3 is 4.42 Å². The van der Waals surface area contributed by atoms with Gasteiger partial charge in [0.25, 0.3) is 0 Å². The maximum Gasteiger partial charge on any atom is 0.168 e. The van der Waals surface area contributed by atoms with Crippen molar-refractivity contribution in [1.29, 1.82) is 0 Å². The summed E-state index contributed by atoms with van der Waals surface area (Å²) in [5, 5.41) is 9.40. The summed E-state index contributed by atoms with van der Waals surface area (Å²) in [6, 6.07) is 13.7. The van der Waals surface area contributed by atoms with Crippen molar-refractivity contribution in [2.45, 2.75) is 13.3 Å². The Morgan fingerprint density at radius 3 is 2.84 bits per heavy atom. The zero-order valence-electron chi connectivity index (χ0n) is 13.6. The Kier molecular flexibility index (Phi) is 3.96. The van der Waals surface area contributed by atoms with Crippen molar-refractivity contribution < 1.29 is 4.42 Å². The van der Waals surface area contributed by atoms with Crippen molar-refractivity contribution in [3.63, 3.8) is 0 Å². The van der Waals surface area contributed by atoms with Crippen LogP contribution in [0.4, 0.5) is 5.82 Å². The summed E-state index contributed by atoms with van der Waals surface area (Å²) in [6.07, 6.45) is 5.69. The molecule has 0 saturated heterocycles. The van der Waals surface area contributed by atoms with Crippen molar-refractivity contribution in [3.8, 4) is 5.69 Å². The highest BCUT2D eigenvalue weighted by molar-refractivity contribution is 5.87. The Labute approximate surface area is 144 Å². The van der Waals surface area contributed by atoms with Crippen LogP contribution in [0.25, 0.3) is 16.7 Å². The number of hydrogen-bond donors (Lipinski definition) is 1. The van der Waals surface area contributed by atoms with Crippen LogP contribution in [-0.4, -0.2) is 26.0 Å². The molecule has 25 heavy (non-hydrogen) atoms. The monoisotopic (exact) mass is 332 g/mol. The highest BCUT2D eigenvalue weighted by Gasteiger charge is 2.10. The molecule has 1 N–H and O–H groups in total. The third kappa shape index (κ3) is 2.99. The molecule has 0 aliphatic carbocycles. The van der Waals surface area contributed by atoms with E-state index >= 15 is 0 Å². The molecule has 0 saturated carbocycles. The van der Waals surface area contributed by atoms with Gasteiger partial charge in [-0.25, -0.2) is 14.6 Å². The number of furan rings is 1. The third-order valence-electron chi connectivity index (χ3n) is 3.76. The molecule has 3 heterocycles. The molecule has 0 amide bonds. The predicted molar refractivity (Wildman–Crippen MR) is 96.0 cm³/mol. The molecule has 0 bridgehead atoms. The third-order valence-corrected chi connectivity index (χ3v) is 3.76. The number of hydrazone groups is 1. The number of aryl methyl sites for hydroxylation is 1. The second kappa shape index (κ2) is 6.56. The standard InChI is InChI=1S/C18H16N6O/c1-2-14-8-9-15(25-14)10-21-23-17-16-11-22-24(18(16)20-12-19-17)13-6-4-3-5-7-13/h3-12H,2H2,1H3,(H,19,20,23)/b21-10+. The minimum atomic E-state index is 0.589. The number of nitrogens with one attached hydrogen (secondary N) is 1. The molecule has 0 unspecified atom stereocenters. The predicted octanol–water partition coefficient (Wildman–Crippen LogP) is 3.42. The van der Waals surface area contributed by atoms with Gasteiger partial charge in [0.15, 0.2) is 11.5 Å². The van der Waals surface area contributed by atoms with E-state index in [1.165, 1.54) is 6.33 Å². The summed E-state index contributed by atoms with van der Waals surface area (Å²) in [7, 11) is 0. The number of anilines is 1. The number of rotatable bonds is 5. The molecule has 1 aromatic carbocycles. The first kappa shape index (κ1) is 15.1. The molecular formula is C18H16N6O. The first-order valence-corrected chi connectivity index (χ1v) is 7.97. The fourth-order valence-corrected chi connectivity index (χ4v) is 2.50. The zero-order chi connectivity index (χ0) is 17.1. The van der Waals surface area contributed by atoms with E-state index in [-0.39, 0.29) is 0 Å². The van der Waals surface area contributed by atoms with Gasteiger partial charge in [-0.05, 0) is 24.3 Å². The first-order chi connectivity index (χ1) is 12.3. The number of hydrogen-bond acceptors (Lipinski definition) is 6. The van der Waals surface area contributed by atoms with Crippen LogP contribution in [0.3, 0.4) is 0 Å². The van der Waals surface area contributed by atoms with Gasteiger partial charge in [-0.3, -0.25) is 5.43 Å². The van der Waals surface area contributed by atoms with Crippen LogP contribution in [0.2, 0.25) is 0 Å². The van der Waals surface area contributed by atoms with Gasteiger partial charge in [-0.1, -0.05) is 25.1 Å². The highest BCUT2D eigenvalue weighted by atomic mass is 16.3. The lowest BCUT2D eigenvalue weighted by Crippen LogP contribution is -1.99. The van der Waals surface area contributed by atoms with Crippen molar-refractivity contribution in [2.75, 3.05) is 5.43 Å². The van der Waals surface area contributed by atoms with Gasteiger partial charge in [-0.2, -0.15) is 10.2 Å². The van der Waals surface area contributed by atoms with Crippen LogP contribution < -0.4 is 5.43 Å². The van der Waals surface area contributed by atoms with Crippen LogP contribution in [0.1, 0.15) is 18.4 Å². The van der Waals surface area contributed by atoms with E-state index in [0.717, 1.165) is 23.3 Å². The topological polar surface area (TPSA) is 81.1 Å². The van der Waals surface area contributed by atoms with Crippen molar-refractivity contribution >= 4 is 23.1 Å². The average molecular weight is 332 g/mol. The molecule has 4 rings (SSSR count). The Hall–Kier alpha value is -3.48. The molecule has 0 fully saturated rings. The molecule has 0 atom stereocenters. The molecule has 7 nitrogen and oxygen atoms in total. The molecule has 0 aliphatic rings. The maximum atomic E-state index is 5.58. The fourth-order valence-electron chi connectivity index (χ4n) is 2.50. The Morgan fingerprint density at radius 2 is 2.04 bits per heavy atom. The van der Waals surface area contributed by atoms with Gasteiger partial charge in [0.2, 0.25) is 0 Å². The Morgan fingerprint density at radius 1 is 1.16 bits per heavy atom. The van der Waals surface area contributed by atoms with Crippen LogP contribution in [0.5, 0.6) is 0 Å². The second-order valence-electron chi connectivity index (χ2n) is 5.38.